The van der Waals surface area contributed by atoms with Crippen molar-refractivity contribution < 1.29 is 9.13 Å². The van der Waals surface area contributed by atoms with Gasteiger partial charge in [-0.25, -0.2) is 9.37 Å². The zero-order valence-electron chi connectivity index (χ0n) is 11.9. The molecule has 1 aliphatic rings. The maximum atomic E-state index is 13.8. The van der Waals surface area contributed by atoms with Crippen LogP contribution in [0.2, 0.25) is 0 Å². The molecule has 1 fully saturated rings. The van der Waals surface area contributed by atoms with Gasteiger partial charge in [0.25, 0.3) is 0 Å². The van der Waals surface area contributed by atoms with Gasteiger partial charge in [0.1, 0.15) is 11.3 Å². The number of para-hydroxylation sites is 1. The Bertz CT molecular complexity index is 636. The molecule has 1 N–H and O–H groups in total. The molecule has 4 heteroatoms. The van der Waals surface area contributed by atoms with Gasteiger partial charge in [0.15, 0.2) is 0 Å². The van der Waals surface area contributed by atoms with Crippen LogP contribution >= 0.6 is 0 Å². The number of hydrogen-bond acceptors (Lipinski definition) is 3. The van der Waals surface area contributed by atoms with Gasteiger partial charge in [0.2, 0.25) is 0 Å². The standard InChI is InChI=1S/C16H19FN2O/c1-11-9-14(18-10-16(2)7-4-8-20-16)12-5-3-6-13(17)15(12)19-11/h3,5-6,9H,4,7-8,10H2,1-2H3,(H,18,19). The van der Waals surface area contributed by atoms with E-state index in [9.17, 15) is 4.39 Å². The van der Waals surface area contributed by atoms with E-state index in [0.717, 1.165) is 42.8 Å². The molecule has 1 unspecified atom stereocenters. The summed E-state index contributed by atoms with van der Waals surface area (Å²) in [6.07, 6.45) is 2.15. The summed E-state index contributed by atoms with van der Waals surface area (Å²) in [5.41, 5.74) is 2.02. The third kappa shape index (κ3) is 2.48. The van der Waals surface area contributed by atoms with Crippen LogP contribution in [0.25, 0.3) is 10.9 Å². The molecule has 0 aliphatic carbocycles. The maximum Gasteiger partial charge on any atom is 0.149 e. The fourth-order valence-electron chi connectivity index (χ4n) is 2.75. The highest BCUT2D eigenvalue weighted by atomic mass is 19.1. The van der Waals surface area contributed by atoms with Crippen molar-refractivity contribution in [1.29, 1.82) is 0 Å². The number of benzene rings is 1. The Hall–Kier alpha value is -1.68. The summed E-state index contributed by atoms with van der Waals surface area (Å²) in [4.78, 5) is 4.29. The first kappa shape index (κ1) is 13.3. The van der Waals surface area contributed by atoms with Gasteiger partial charge < -0.3 is 10.1 Å². The van der Waals surface area contributed by atoms with Crippen molar-refractivity contribution in [2.75, 3.05) is 18.5 Å². The van der Waals surface area contributed by atoms with Crippen molar-refractivity contribution in [3.05, 3.63) is 35.8 Å². The molecule has 2 aromatic rings. The Morgan fingerprint density at radius 3 is 3.05 bits per heavy atom. The second-order valence-corrected chi connectivity index (χ2v) is 5.70. The highest BCUT2D eigenvalue weighted by Gasteiger charge is 2.29. The first-order valence-electron chi connectivity index (χ1n) is 7.01. The minimum atomic E-state index is -0.280. The van der Waals surface area contributed by atoms with Gasteiger partial charge in [-0.3, -0.25) is 0 Å². The molecule has 1 saturated heterocycles. The monoisotopic (exact) mass is 274 g/mol. The first-order chi connectivity index (χ1) is 9.57. The fraction of sp³-hybridized carbons (Fsp3) is 0.438. The average molecular weight is 274 g/mol. The minimum Gasteiger partial charge on any atom is -0.382 e. The number of pyridine rings is 1. The second kappa shape index (κ2) is 5.02. The molecule has 1 aromatic carbocycles. The molecular weight excluding hydrogens is 255 g/mol. The van der Waals surface area contributed by atoms with Crippen LogP contribution in [-0.4, -0.2) is 23.7 Å². The van der Waals surface area contributed by atoms with Gasteiger partial charge in [0.05, 0.1) is 5.60 Å². The van der Waals surface area contributed by atoms with Crippen LogP contribution in [0, 0.1) is 12.7 Å². The van der Waals surface area contributed by atoms with E-state index in [0.29, 0.717) is 5.52 Å². The number of aromatic nitrogens is 1. The molecule has 0 saturated carbocycles. The zero-order chi connectivity index (χ0) is 14.2. The Kier molecular flexibility index (Phi) is 3.34. The predicted molar refractivity (Wildman–Crippen MR) is 78.5 cm³/mol. The molecule has 0 bridgehead atoms. The third-order valence-corrected chi connectivity index (χ3v) is 3.87. The summed E-state index contributed by atoms with van der Waals surface area (Å²) in [7, 11) is 0. The van der Waals surface area contributed by atoms with Crippen LogP contribution in [0.15, 0.2) is 24.3 Å². The number of aryl methyl sites for hydroxylation is 1. The van der Waals surface area contributed by atoms with Gasteiger partial charge in [0, 0.05) is 29.9 Å². The number of nitrogens with one attached hydrogen (secondary N) is 1. The third-order valence-electron chi connectivity index (χ3n) is 3.87. The molecule has 0 amide bonds. The first-order valence-corrected chi connectivity index (χ1v) is 7.01. The minimum absolute atomic E-state index is 0.128. The average Bonchev–Trinajstić information content (AvgIpc) is 2.85. The van der Waals surface area contributed by atoms with Crippen molar-refractivity contribution in [2.24, 2.45) is 0 Å². The summed E-state index contributed by atoms with van der Waals surface area (Å²) in [5, 5.41) is 4.22. The Balaban J connectivity index is 1.93. The molecule has 3 rings (SSSR count). The van der Waals surface area contributed by atoms with E-state index in [2.05, 4.69) is 17.2 Å². The molecule has 3 nitrogen and oxygen atoms in total. The van der Waals surface area contributed by atoms with Gasteiger partial charge in [-0.05, 0) is 38.8 Å². The summed E-state index contributed by atoms with van der Waals surface area (Å²) in [6, 6.07) is 7.01. The highest BCUT2D eigenvalue weighted by Crippen LogP contribution is 2.28. The van der Waals surface area contributed by atoms with Crippen LogP contribution in [0.4, 0.5) is 10.1 Å². The zero-order valence-corrected chi connectivity index (χ0v) is 11.9. The lowest BCUT2D eigenvalue weighted by Crippen LogP contribution is -2.32. The smallest absolute Gasteiger partial charge is 0.149 e. The van der Waals surface area contributed by atoms with E-state index >= 15 is 0 Å². The maximum absolute atomic E-state index is 13.8. The van der Waals surface area contributed by atoms with Crippen molar-refractivity contribution in [3.63, 3.8) is 0 Å². The summed E-state index contributed by atoms with van der Waals surface area (Å²) < 4.78 is 19.6. The topological polar surface area (TPSA) is 34.1 Å². The number of ether oxygens (including phenoxy) is 1. The number of fused-ring (bicyclic) bond motifs is 1. The number of hydrogen-bond donors (Lipinski definition) is 1. The van der Waals surface area contributed by atoms with Crippen LogP contribution in [0.1, 0.15) is 25.5 Å². The highest BCUT2D eigenvalue weighted by molar-refractivity contribution is 5.91. The van der Waals surface area contributed by atoms with Crippen LogP contribution < -0.4 is 5.32 Å². The van der Waals surface area contributed by atoms with Crippen molar-refractivity contribution >= 4 is 16.6 Å². The van der Waals surface area contributed by atoms with E-state index in [4.69, 9.17) is 4.74 Å². The lowest BCUT2D eigenvalue weighted by molar-refractivity contribution is 0.0315. The molecular formula is C16H19FN2O. The van der Waals surface area contributed by atoms with E-state index in [1.165, 1.54) is 6.07 Å². The molecule has 106 valence electrons. The Morgan fingerprint density at radius 2 is 2.30 bits per heavy atom. The molecule has 0 spiro atoms. The molecule has 20 heavy (non-hydrogen) atoms. The van der Waals surface area contributed by atoms with E-state index < -0.39 is 0 Å². The normalized spacial score (nSPS) is 22.4. The molecule has 1 atom stereocenters. The van der Waals surface area contributed by atoms with Gasteiger partial charge in [-0.1, -0.05) is 12.1 Å². The van der Waals surface area contributed by atoms with E-state index in [1.54, 1.807) is 6.07 Å². The fourth-order valence-corrected chi connectivity index (χ4v) is 2.75. The molecule has 2 heterocycles. The number of rotatable bonds is 3. The Morgan fingerprint density at radius 1 is 1.45 bits per heavy atom. The summed E-state index contributed by atoms with van der Waals surface area (Å²) in [5.74, 6) is -0.280. The molecule has 0 radical (unpaired) electrons. The van der Waals surface area contributed by atoms with Gasteiger partial charge in [-0.15, -0.1) is 0 Å². The number of nitrogens with zero attached hydrogens (tertiary/aromatic N) is 1. The summed E-state index contributed by atoms with van der Waals surface area (Å²) >= 11 is 0. The predicted octanol–water partition coefficient (Wildman–Crippen LogP) is 3.66. The van der Waals surface area contributed by atoms with Crippen molar-refractivity contribution in [3.8, 4) is 0 Å². The quantitative estimate of drug-likeness (QED) is 0.927. The molecule has 1 aliphatic heterocycles. The van der Waals surface area contributed by atoms with Gasteiger partial charge >= 0.3 is 0 Å². The SMILES string of the molecule is Cc1cc(NCC2(C)CCCO2)c2cccc(F)c2n1. The Labute approximate surface area is 118 Å². The number of anilines is 1. The molecule has 1 aromatic heterocycles. The van der Waals surface area contributed by atoms with Gasteiger partial charge in [-0.2, -0.15) is 0 Å². The van der Waals surface area contributed by atoms with Crippen LogP contribution in [0.3, 0.4) is 0 Å². The van der Waals surface area contributed by atoms with Crippen molar-refractivity contribution in [1.82, 2.24) is 4.98 Å². The number of halogens is 1. The summed E-state index contributed by atoms with van der Waals surface area (Å²) in [6.45, 7) is 5.54. The van der Waals surface area contributed by atoms with E-state index in [-0.39, 0.29) is 11.4 Å². The van der Waals surface area contributed by atoms with Crippen LogP contribution in [-0.2, 0) is 4.74 Å². The second-order valence-electron chi connectivity index (χ2n) is 5.70. The largest absolute Gasteiger partial charge is 0.382 e. The van der Waals surface area contributed by atoms with Crippen molar-refractivity contribution in [2.45, 2.75) is 32.3 Å². The lowest BCUT2D eigenvalue weighted by Gasteiger charge is -2.24. The van der Waals surface area contributed by atoms with Crippen LogP contribution in [0.5, 0.6) is 0 Å². The lowest BCUT2D eigenvalue weighted by atomic mass is 10.0. The van der Waals surface area contributed by atoms with E-state index in [1.807, 2.05) is 19.1 Å².